The Balaban J connectivity index is 1.91. The highest BCUT2D eigenvalue weighted by Gasteiger charge is 2.20. The fourth-order valence-corrected chi connectivity index (χ4v) is 3.46. The van der Waals surface area contributed by atoms with Crippen molar-refractivity contribution in [3.63, 3.8) is 0 Å². The van der Waals surface area contributed by atoms with Crippen molar-refractivity contribution in [3.05, 3.63) is 30.3 Å². The number of rotatable bonds is 8. The van der Waals surface area contributed by atoms with E-state index in [1.165, 1.54) is 11.3 Å². The average molecular weight is 351 g/mol. The Hall–Kier alpha value is -1.60. The number of para-hydroxylation sites is 1. The quantitative estimate of drug-likeness (QED) is 0.573. The van der Waals surface area contributed by atoms with E-state index in [0.29, 0.717) is 23.2 Å². The topological polar surface area (TPSA) is 64.1 Å². The first-order valence-corrected chi connectivity index (χ1v) is 9.37. The van der Waals surface area contributed by atoms with E-state index in [2.05, 4.69) is 29.4 Å². The summed E-state index contributed by atoms with van der Waals surface area (Å²) in [6.45, 7) is 6.23. The summed E-state index contributed by atoms with van der Waals surface area (Å²) in [6.07, 6.45) is 0.0298. The second-order valence-corrected chi connectivity index (χ2v) is 7.64. The van der Waals surface area contributed by atoms with Gasteiger partial charge in [0.05, 0.1) is 0 Å². The molecule has 1 atom stereocenters. The molecule has 0 unspecified atom stereocenters. The zero-order valence-electron chi connectivity index (χ0n) is 13.5. The Morgan fingerprint density at radius 3 is 2.70 bits per heavy atom. The highest BCUT2D eigenvalue weighted by Crippen LogP contribution is 2.27. The maximum atomic E-state index is 12.3. The Morgan fingerprint density at radius 2 is 2.04 bits per heavy atom. The van der Waals surface area contributed by atoms with Crippen LogP contribution in [0.2, 0.25) is 0 Å². The van der Waals surface area contributed by atoms with Gasteiger partial charge in [0.25, 0.3) is 5.91 Å². The van der Waals surface area contributed by atoms with E-state index in [4.69, 9.17) is 4.74 Å². The van der Waals surface area contributed by atoms with Gasteiger partial charge in [-0.15, -0.1) is 10.2 Å². The molecule has 0 saturated heterocycles. The number of ether oxygens (including phenoxy) is 1. The zero-order valence-corrected chi connectivity index (χ0v) is 15.1. The van der Waals surface area contributed by atoms with Gasteiger partial charge in [-0.1, -0.05) is 62.1 Å². The van der Waals surface area contributed by atoms with Gasteiger partial charge in [0.15, 0.2) is 10.4 Å². The minimum absolute atomic E-state index is 0.201. The molecule has 0 fully saturated rings. The number of hydrogen-bond donors (Lipinski definition) is 1. The van der Waals surface area contributed by atoms with Crippen LogP contribution in [0, 0.1) is 5.92 Å². The third kappa shape index (κ3) is 5.84. The van der Waals surface area contributed by atoms with Gasteiger partial charge in [-0.3, -0.25) is 10.1 Å². The van der Waals surface area contributed by atoms with Crippen molar-refractivity contribution in [1.29, 1.82) is 0 Å². The van der Waals surface area contributed by atoms with Crippen molar-refractivity contribution in [2.24, 2.45) is 5.92 Å². The van der Waals surface area contributed by atoms with Crippen LogP contribution < -0.4 is 10.1 Å². The first-order valence-electron chi connectivity index (χ1n) is 7.57. The zero-order chi connectivity index (χ0) is 16.7. The van der Waals surface area contributed by atoms with Crippen molar-refractivity contribution in [2.75, 3.05) is 11.1 Å². The number of carbonyl (C=O) groups excluding carboxylic acids is 1. The van der Waals surface area contributed by atoms with Crippen LogP contribution in [0.3, 0.4) is 0 Å². The normalized spacial score (nSPS) is 12.2. The molecule has 0 bridgehead atoms. The lowest BCUT2D eigenvalue weighted by molar-refractivity contribution is -0.122. The van der Waals surface area contributed by atoms with Crippen LogP contribution in [-0.4, -0.2) is 28.0 Å². The van der Waals surface area contributed by atoms with E-state index in [1.54, 1.807) is 11.8 Å². The fourth-order valence-electron chi connectivity index (χ4n) is 1.73. The number of benzene rings is 1. The van der Waals surface area contributed by atoms with Crippen LogP contribution >= 0.6 is 23.1 Å². The Morgan fingerprint density at radius 1 is 1.30 bits per heavy atom. The summed E-state index contributed by atoms with van der Waals surface area (Å²) in [4.78, 5) is 12.3. The summed E-state index contributed by atoms with van der Waals surface area (Å²) in [5.41, 5.74) is 0. The smallest absolute Gasteiger partial charge is 0.267 e. The molecule has 2 aromatic rings. The van der Waals surface area contributed by atoms with Gasteiger partial charge in [0.2, 0.25) is 5.13 Å². The predicted octanol–water partition coefficient (Wildman–Crippen LogP) is 4.08. The van der Waals surface area contributed by atoms with Gasteiger partial charge in [-0.05, 0) is 24.5 Å². The third-order valence-electron chi connectivity index (χ3n) is 2.86. The van der Waals surface area contributed by atoms with Crippen LogP contribution in [0.15, 0.2) is 34.7 Å². The third-order valence-corrected chi connectivity index (χ3v) is 5.26. The largest absolute Gasteiger partial charge is 0.481 e. The van der Waals surface area contributed by atoms with Gasteiger partial charge in [-0.2, -0.15) is 0 Å². The van der Waals surface area contributed by atoms with Crippen LogP contribution in [0.5, 0.6) is 5.75 Å². The van der Waals surface area contributed by atoms with Gasteiger partial charge >= 0.3 is 0 Å². The molecule has 0 aliphatic carbocycles. The van der Waals surface area contributed by atoms with Crippen LogP contribution in [-0.2, 0) is 4.79 Å². The number of nitrogens with zero attached hydrogens (tertiary/aromatic N) is 2. The highest BCUT2D eigenvalue weighted by atomic mass is 32.2. The van der Waals surface area contributed by atoms with Crippen molar-refractivity contribution in [3.8, 4) is 5.75 Å². The SMILES string of the molecule is CC[C@@H](Oc1ccccc1)C(=O)Nc1nnc(SCC(C)C)s1. The van der Waals surface area contributed by atoms with Crippen LogP contribution in [0.1, 0.15) is 27.2 Å². The number of amides is 1. The molecule has 23 heavy (non-hydrogen) atoms. The Labute approximate surface area is 144 Å². The van der Waals surface area contributed by atoms with Crippen molar-refractivity contribution in [1.82, 2.24) is 10.2 Å². The Kier molecular flexibility index (Phi) is 6.85. The summed E-state index contributed by atoms with van der Waals surface area (Å²) < 4.78 is 6.59. The first-order chi connectivity index (χ1) is 11.1. The molecule has 1 aromatic heterocycles. The molecule has 0 spiro atoms. The average Bonchev–Trinajstić information content (AvgIpc) is 2.99. The van der Waals surface area contributed by atoms with Crippen LogP contribution in [0.4, 0.5) is 5.13 Å². The molecule has 7 heteroatoms. The molecule has 5 nitrogen and oxygen atoms in total. The van der Waals surface area contributed by atoms with Gasteiger partial charge in [0.1, 0.15) is 5.75 Å². The molecule has 0 radical (unpaired) electrons. The summed E-state index contributed by atoms with van der Waals surface area (Å²) in [6, 6.07) is 9.33. The highest BCUT2D eigenvalue weighted by molar-refractivity contribution is 8.01. The summed E-state index contributed by atoms with van der Waals surface area (Å²) in [5.74, 6) is 2.05. The molecular formula is C16H21N3O2S2. The lowest BCUT2D eigenvalue weighted by atomic mass is 10.2. The predicted molar refractivity (Wildman–Crippen MR) is 95.2 cm³/mol. The number of aromatic nitrogens is 2. The Bertz CT molecular complexity index is 617. The molecule has 0 saturated carbocycles. The van der Waals surface area contributed by atoms with Crippen molar-refractivity contribution < 1.29 is 9.53 Å². The molecule has 1 N–H and O–H groups in total. The van der Waals surface area contributed by atoms with E-state index < -0.39 is 6.10 Å². The summed E-state index contributed by atoms with van der Waals surface area (Å²) in [5, 5.41) is 11.4. The molecular weight excluding hydrogens is 330 g/mol. The molecule has 0 aliphatic rings. The number of anilines is 1. The van der Waals surface area contributed by atoms with Gasteiger partial charge < -0.3 is 4.74 Å². The molecule has 2 rings (SSSR count). The minimum Gasteiger partial charge on any atom is -0.481 e. The van der Waals surface area contributed by atoms with Crippen LogP contribution in [0.25, 0.3) is 0 Å². The molecule has 1 amide bonds. The lowest BCUT2D eigenvalue weighted by Gasteiger charge is -2.16. The second kappa shape index (κ2) is 8.88. The molecule has 1 heterocycles. The standard InChI is InChI=1S/C16H21N3O2S2/c1-4-13(21-12-8-6-5-7-9-12)14(20)17-15-18-19-16(23-15)22-10-11(2)3/h5-9,11,13H,4,10H2,1-3H3,(H,17,18,20)/t13-/m1/s1. The second-order valence-electron chi connectivity index (χ2n) is 5.40. The number of thioether (sulfide) groups is 1. The van der Waals surface area contributed by atoms with Crippen molar-refractivity contribution in [2.45, 2.75) is 37.6 Å². The van der Waals surface area contributed by atoms with Gasteiger partial charge in [-0.25, -0.2) is 0 Å². The monoisotopic (exact) mass is 351 g/mol. The summed E-state index contributed by atoms with van der Waals surface area (Å²) >= 11 is 3.05. The lowest BCUT2D eigenvalue weighted by Crippen LogP contribution is -2.32. The van der Waals surface area contributed by atoms with E-state index in [9.17, 15) is 4.79 Å². The first kappa shape index (κ1) is 17.7. The van der Waals surface area contributed by atoms with Crippen molar-refractivity contribution >= 4 is 34.1 Å². The van der Waals surface area contributed by atoms with E-state index in [0.717, 1.165) is 10.1 Å². The maximum absolute atomic E-state index is 12.3. The fraction of sp³-hybridized carbons (Fsp3) is 0.438. The van der Waals surface area contributed by atoms with E-state index in [-0.39, 0.29) is 5.91 Å². The minimum atomic E-state index is -0.548. The number of hydrogen-bond acceptors (Lipinski definition) is 6. The van der Waals surface area contributed by atoms with E-state index in [1.807, 2.05) is 37.3 Å². The van der Waals surface area contributed by atoms with Gasteiger partial charge in [0, 0.05) is 5.75 Å². The summed E-state index contributed by atoms with van der Waals surface area (Å²) in [7, 11) is 0. The molecule has 0 aliphatic heterocycles. The van der Waals surface area contributed by atoms with E-state index >= 15 is 0 Å². The number of carbonyl (C=O) groups is 1. The maximum Gasteiger partial charge on any atom is 0.267 e. The number of nitrogens with one attached hydrogen (secondary N) is 1. The molecule has 124 valence electrons. The molecule has 1 aromatic carbocycles.